The Labute approximate surface area is 150 Å². The van der Waals surface area contributed by atoms with E-state index in [0.29, 0.717) is 24.7 Å². The average molecular weight is 381 g/mol. The van der Waals surface area contributed by atoms with Gasteiger partial charge in [0.05, 0.1) is 4.90 Å². The number of sulfonamides is 1. The number of fused-ring (bicyclic) bond motifs is 1. The Hall–Kier alpha value is -2.33. The molecule has 3 aliphatic heterocycles. The number of nitrogens with one attached hydrogen (secondary N) is 1. The first-order valence-corrected chi connectivity index (χ1v) is 9.78. The van der Waals surface area contributed by atoms with E-state index in [1.54, 1.807) is 6.07 Å². The summed E-state index contributed by atoms with van der Waals surface area (Å²) in [4.78, 5) is 25.2. The molecular formula is C16H19N3O6S. The zero-order chi connectivity index (χ0) is 18.5. The van der Waals surface area contributed by atoms with Gasteiger partial charge >= 0.3 is 6.03 Å². The maximum absolute atomic E-state index is 12.9. The van der Waals surface area contributed by atoms with Gasteiger partial charge in [0.25, 0.3) is 5.91 Å². The van der Waals surface area contributed by atoms with Crippen LogP contribution in [0.15, 0.2) is 23.1 Å². The van der Waals surface area contributed by atoms with Crippen LogP contribution in [0.4, 0.5) is 4.79 Å². The van der Waals surface area contributed by atoms with Crippen LogP contribution in [0.1, 0.15) is 12.8 Å². The monoisotopic (exact) mass is 381 g/mol. The van der Waals surface area contributed by atoms with E-state index in [9.17, 15) is 18.0 Å². The fraction of sp³-hybridized carbons (Fsp3) is 0.500. The largest absolute Gasteiger partial charge is 0.486 e. The van der Waals surface area contributed by atoms with Gasteiger partial charge in [-0.2, -0.15) is 4.31 Å². The van der Waals surface area contributed by atoms with Crippen molar-refractivity contribution in [2.75, 3.05) is 33.4 Å². The first-order chi connectivity index (χ1) is 12.3. The van der Waals surface area contributed by atoms with Gasteiger partial charge < -0.3 is 14.8 Å². The Morgan fingerprint density at radius 3 is 2.35 bits per heavy atom. The lowest BCUT2D eigenvalue weighted by Crippen LogP contribution is -2.55. The number of imide groups is 1. The van der Waals surface area contributed by atoms with Gasteiger partial charge in [-0.15, -0.1) is 0 Å². The Kier molecular flexibility index (Phi) is 3.85. The molecule has 9 nitrogen and oxygen atoms in total. The Morgan fingerprint density at radius 2 is 1.73 bits per heavy atom. The topological polar surface area (TPSA) is 105 Å². The van der Waals surface area contributed by atoms with E-state index in [-0.39, 0.29) is 36.7 Å². The third-order valence-electron chi connectivity index (χ3n) is 5.09. The molecule has 0 aliphatic carbocycles. The van der Waals surface area contributed by atoms with E-state index >= 15 is 0 Å². The molecule has 0 bridgehead atoms. The van der Waals surface area contributed by atoms with Crippen molar-refractivity contribution in [2.24, 2.45) is 0 Å². The van der Waals surface area contributed by atoms with E-state index in [1.165, 1.54) is 23.5 Å². The summed E-state index contributed by atoms with van der Waals surface area (Å²) in [7, 11) is -2.30. The summed E-state index contributed by atoms with van der Waals surface area (Å²) in [5, 5.41) is 2.70. The summed E-state index contributed by atoms with van der Waals surface area (Å²) < 4.78 is 38.1. The van der Waals surface area contributed by atoms with Crippen molar-refractivity contribution in [3.8, 4) is 11.5 Å². The van der Waals surface area contributed by atoms with Gasteiger partial charge in [-0.05, 0) is 25.0 Å². The molecule has 2 saturated heterocycles. The number of piperidine rings is 1. The number of ether oxygens (including phenoxy) is 2. The second-order valence-corrected chi connectivity index (χ2v) is 8.52. The minimum Gasteiger partial charge on any atom is -0.486 e. The van der Waals surface area contributed by atoms with E-state index in [1.807, 2.05) is 0 Å². The van der Waals surface area contributed by atoms with E-state index in [2.05, 4.69) is 5.32 Å². The standard InChI is InChI=1S/C16H19N3O6S/c1-18-14(20)16(17-15(18)21)4-6-19(7-5-16)26(22,23)11-2-3-12-13(10-11)25-9-8-24-12/h2-3,10H,4-9H2,1H3,(H,17,21). The molecule has 140 valence electrons. The van der Waals surface area contributed by atoms with Crippen molar-refractivity contribution < 1.29 is 27.5 Å². The number of carbonyl (C=O) groups excluding carboxylic acids is 2. The van der Waals surface area contributed by atoms with Crippen molar-refractivity contribution in [3.05, 3.63) is 18.2 Å². The van der Waals surface area contributed by atoms with Crippen molar-refractivity contribution in [2.45, 2.75) is 23.3 Å². The van der Waals surface area contributed by atoms with Gasteiger partial charge in [-0.1, -0.05) is 0 Å². The first-order valence-electron chi connectivity index (χ1n) is 8.34. The molecule has 3 amide bonds. The summed E-state index contributed by atoms with van der Waals surface area (Å²) in [5.74, 6) is 0.625. The fourth-order valence-electron chi connectivity index (χ4n) is 3.54. The molecule has 0 saturated carbocycles. The van der Waals surface area contributed by atoms with Crippen molar-refractivity contribution in [1.82, 2.24) is 14.5 Å². The lowest BCUT2D eigenvalue weighted by atomic mass is 9.88. The molecule has 26 heavy (non-hydrogen) atoms. The summed E-state index contributed by atoms with van der Waals surface area (Å²) in [6, 6.07) is 4.09. The summed E-state index contributed by atoms with van der Waals surface area (Å²) in [5.41, 5.74) is -0.995. The maximum Gasteiger partial charge on any atom is 0.324 e. The van der Waals surface area contributed by atoms with Gasteiger partial charge in [-0.3, -0.25) is 9.69 Å². The number of amides is 3. The minimum atomic E-state index is -3.73. The fourth-order valence-corrected chi connectivity index (χ4v) is 4.99. The lowest BCUT2D eigenvalue weighted by molar-refractivity contribution is -0.131. The highest BCUT2D eigenvalue weighted by atomic mass is 32.2. The summed E-state index contributed by atoms with van der Waals surface area (Å²) >= 11 is 0. The molecular weight excluding hydrogens is 362 g/mol. The molecule has 10 heteroatoms. The molecule has 0 aromatic heterocycles. The van der Waals surface area contributed by atoms with Crippen LogP contribution in [0.3, 0.4) is 0 Å². The highest BCUT2D eigenvalue weighted by molar-refractivity contribution is 7.89. The molecule has 4 rings (SSSR count). The van der Waals surface area contributed by atoms with Crippen LogP contribution in [-0.2, 0) is 14.8 Å². The Balaban J connectivity index is 1.54. The van der Waals surface area contributed by atoms with Gasteiger partial charge in [0, 0.05) is 26.2 Å². The SMILES string of the molecule is CN1C(=O)NC2(CCN(S(=O)(=O)c3ccc4c(c3)OCCO4)CC2)C1=O. The first kappa shape index (κ1) is 17.1. The number of benzene rings is 1. The maximum atomic E-state index is 12.9. The van der Waals surface area contributed by atoms with Crippen LogP contribution in [0.25, 0.3) is 0 Å². The van der Waals surface area contributed by atoms with Gasteiger partial charge in [-0.25, -0.2) is 13.2 Å². The van der Waals surface area contributed by atoms with Crippen molar-refractivity contribution in [3.63, 3.8) is 0 Å². The van der Waals surface area contributed by atoms with Crippen LogP contribution in [0.2, 0.25) is 0 Å². The molecule has 1 aromatic carbocycles. The van der Waals surface area contributed by atoms with Crippen LogP contribution in [0.5, 0.6) is 11.5 Å². The number of carbonyl (C=O) groups is 2. The Bertz CT molecular complexity index is 876. The predicted molar refractivity (Wildman–Crippen MR) is 89.5 cm³/mol. The zero-order valence-electron chi connectivity index (χ0n) is 14.2. The second-order valence-electron chi connectivity index (χ2n) is 6.59. The highest BCUT2D eigenvalue weighted by Gasteiger charge is 2.52. The van der Waals surface area contributed by atoms with Crippen molar-refractivity contribution >= 4 is 22.0 Å². The molecule has 3 aliphatic rings. The van der Waals surface area contributed by atoms with Crippen LogP contribution in [-0.4, -0.2) is 68.5 Å². The smallest absolute Gasteiger partial charge is 0.324 e. The third kappa shape index (κ3) is 2.52. The number of urea groups is 1. The quantitative estimate of drug-likeness (QED) is 0.732. The molecule has 0 radical (unpaired) electrons. The van der Waals surface area contributed by atoms with Crippen LogP contribution in [0, 0.1) is 0 Å². The summed E-state index contributed by atoms with van der Waals surface area (Å²) in [6.07, 6.45) is 0.484. The molecule has 1 spiro atoms. The highest BCUT2D eigenvalue weighted by Crippen LogP contribution is 2.35. The molecule has 1 N–H and O–H groups in total. The predicted octanol–water partition coefficient (Wildman–Crippen LogP) is 0.163. The zero-order valence-corrected chi connectivity index (χ0v) is 15.0. The molecule has 0 unspecified atom stereocenters. The molecule has 0 atom stereocenters. The minimum absolute atomic E-state index is 0.122. The number of likely N-dealkylation sites (N-methyl/N-ethyl adjacent to an activating group) is 1. The van der Waals surface area contributed by atoms with E-state index in [0.717, 1.165) is 4.90 Å². The van der Waals surface area contributed by atoms with Crippen molar-refractivity contribution in [1.29, 1.82) is 0 Å². The number of hydrogen-bond acceptors (Lipinski definition) is 6. The molecule has 1 aromatic rings. The Morgan fingerprint density at radius 1 is 1.08 bits per heavy atom. The van der Waals surface area contributed by atoms with Gasteiger partial charge in [0.2, 0.25) is 10.0 Å². The number of rotatable bonds is 2. The van der Waals surface area contributed by atoms with E-state index < -0.39 is 21.6 Å². The molecule has 3 heterocycles. The van der Waals surface area contributed by atoms with Gasteiger partial charge in [0.15, 0.2) is 11.5 Å². The van der Waals surface area contributed by atoms with Crippen LogP contribution >= 0.6 is 0 Å². The molecule has 2 fully saturated rings. The second kappa shape index (κ2) is 5.85. The summed E-state index contributed by atoms with van der Waals surface area (Å²) in [6.45, 7) is 1.10. The van der Waals surface area contributed by atoms with Crippen LogP contribution < -0.4 is 14.8 Å². The van der Waals surface area contributed by atoms with Gasteiger partial charge in [0.1, 0.15) is 18.8 Å². The normalized spacial score (nSPS) is 22.6. The average Bonchev–Trinajstić information content (AvgIpc) is 2.85. The number of hydrogen-bond donors (Lipinski definition) is 1. The number of nitrogens with zero attached hydrogens (tertiary/aromatic N) is 2. The third-order valence-corrected chi connectivity index (χ3v) is 6.99. The van der Waals surface area contributed by atoms with E-state index in [4.69, 9.17) is 9.47 Å². The lowest BCUT2D eigenvalue weighted by Gasteiger charge is -2.36.